The van der Waals surface area contributed by atoms with Gasteiger partial charge in [0, 0.05) is 30.2 Å². The molecule has 1 aliphatic rings. The van der Waals surface area contributed by atoms with Crippen LogP contribution in [0.4, 0.5) is 10.1 Å². The highest BCUT2D eigenvalue weighted by Gasteiger charge is 2.20. The zero-order valence-corrected chi connectivity index (χ0v) is 12.4. The van der Waals surface area contributed by atoms with Crippen LogP contribution in [0.3, 0.4) is 0 Å². The molecule has 0 bridgehead atoms. The van der Waals surface area contributed by atoms with E-state index in [-0.39, 0.29) is 5.82 Å². The first-order chi connectivity index (χ1) is 9.70. The fourth-order valence-corrected chi connectivity index (χ4v) is 2.99. The molecule has 0 atom stereocenters. The number of nitrogens with zero attached hydrogens (tertiary/aromatic N) is 1. The van der Waals surface area contributed by atoms with Gasteiger partial charge in [-0.05, 0) is 48.1 Å². The molecule has 0 unspecified atom stereocenters. The van der Waals surface area contributed by atoms with Gasteiger partial charge in [-0.25, -0.2) is 4.39 Å². The standard InChI is InChI=1S/C16H19FN2S/c1-19(11-16-3-2-6-20-16)15-8-12(7-13(17)9-15)10-18-14-4-5-14/h2-3,6-9,14,18H,4-5,10-11H2,1H3. The van der Waals surface area contributed by atoms with Crippen molar-refractivity contribution in [1.82, 2.24) is 5.32 Å². The van der Waals surface area contributed by atoms with Crippen LogP contribution in [0, 0.1) is 5.82 Å². The molecule has 2 nitrogen and oxygen atoms in total. The van der Waals surface area contributed by atoms with E-state index in [0.29, 0.717) is 6.04 Å². The Morgan fingerprint density at radius 1 is 1.35 bits per heavy atom. The average molecular weight is 290 g/mol. The minimum absolute atomic E-state index is 0.159. The molecular weight excluding hydrogens is 271 g/mol. The maximum atomic E-state index is 13.8. The maximum absolute atomic E-state index is 13.8. The molecule has 1 saturated carbocycles. The van der Waals surface area contributed by atoms with Crippen LogP contribution in [0.5, 0.6) is 0 Å². The first-order valence-electron chi connectivity index (χ1n) is 6.97. The fourth-order valence-electron chi connectivity index (χ4n) is 2.23. The summed E-state index contributed by atoms with van der Waals surface area (Å²) in [6.07, 6.45) is 2.50. The van der Waals surface area contributed by atoms with E-state index in [9.17, 15) is 4.39 Å². The minimum Gasteiger partial charge on any atom is -0.369 e. The highest BCUT2D eigenvalue weighted by Crippen LogP contribution is 2.23. The number of rotatable bonds is 6. The van der Waals surface area contributed by atoms with Crippen molar-refractivity contribution in [2.75, 3.05) is 11.9 Å². The molecule has 1 aromatic carbocycles. The summed E-state index contributed by atoms with van der Waals surface area (Å²) in [6, 6.07) is 10.1. The lowest BCUT2D eigenvalue weighted by Crippen LogP contribution is -2.18. The van der Waals surface area contributed by atoms with E-state index >= 15 is 0 Å². The van der Waals surface area contributed by atoms with Crippen molar-refractivity contribution in [2.45, 2.75) is 32.0 Å². The van der Waals surface area contributed by atoms with Crippen molar-refractivity contribution in [1.29, 1.82) is 0 Å². The molecule has 0 radical (unpaired) electrons. The second kappa shape index (κ2) is 5.94. The maximum Gasteiger partial charge on any atom is 0.125 e. The van der Waals surface area contributed by atoms with Crippen molar-refractivity contribution in [3.05, 3.63) is 52.0 Å². The molecule has 0 saturated heterocycles. The highest BCUT2D eigenvalue weighted by molar-refractivity contribution is 7.09. The molecule has 106 valence electrons. The summed E-state index contributed by atoms with van der Waals surface area (Å²) in [4.78, 5) is 3.38. The van der Waals surface area contributed by atoms with Gasteiger partial charge in [0.2, 0.25) is 0 Å². The van der Waals surface area contributed by atoms with Crippen LogP contribution in [0.25, 0.3) is 0 Å². The zero-order chi connectivity index (χ0) is 13.9. The second-order valence-corrected chi connectivity index (χ2v) is 6.44. The fraction of sp³-hybridized carbons (Fsp3) is 0.375. The van der Waals surface area contributed by atoms with Gasteiger partial charge in [-0.2, -0.15) is 0 Å². The monoisotopic (exact) mass is 290 g/mol. The molecule has 3 rings (SSSR count). The van der Waals surface area contributed by atoms with Crippen LogP contribution < -0.4 is 10.2 Å². The highest BCUT2D eigenvalue weighted by atomic mass is 32.1. The summed E-state index contributed by atoms with van der Waals surface area (Å²) in [5, 5.41) is 5.50. The van der Waals surface area contributed by atoms with Crippen LogP contribution in [0.15, 0.2) is 35.7 Å². The summed E-state index contributed by atoms with van der Waals surface area (Å²) >= 11 is 1.73. The molecule has 2 aromatic rings. The number of benzene rings is 1. The molecule has 0 spiro atoms. The van der Waals surface area contributed by atoms with Crippen molar-refractivity contribution < 1.29 is 4.39 Å². The average Bonchev–Trinajstić information content (AvgIpc) is 3.12. The Morgan fingerprint density at radius 3 is 2.90 bits per heavy atom. The Labute approximate surface area is 123 Å². The Kier molecular flexibility index (Phi) is 4.03. The van der Waals surface area contributed by atoms with Gasteiger partial charge in [0.1, 0.15) is 5.82 Å². The lowest BCUT2D eigenvalue weighted by molar-refractivity contribution is 0.619. The van der Waals surface area contributed by atoms with Gasteiger partial charge in [-0.3, -0.25) is 0 Å². The third-order valence-corrected chi connectivity index (χ3v) is 4.39. The minimum atomic E-state index is -0.159. The van der Waals surface area contributed by atoms with E-state index in [0.717, 1.165) is 24.3 Å². The third-order valence-electron chi connectivity index (χ3n) is 3.53. The van der Waals surface area contributed by atoms with Gasteiger partial charge >= 0.3 is 0 Å². The SMILES string of the molecule is CN(Cc1cccs1)c1cc(F)cc(CNC2CC2)c1. The van der Waals surface area contributed by atoms with Gasteiger partial charge < -0.3 is 10.2 Å². The normalized spacial score (nSPS) is 14.5. The Morgan fingerprint density at radius 2 is 2.20 bits per heavy atom. The Bertz CT molecular complexity index is 564. The van der Waals surface area contributed by atoms with E-state index < -0.39 is 0 Å². The van der Waals surface area contributed by atoms with Crippen LogP contribution in [0.2, 0.25) is 0 Å². The van der Waals surface area contributed by atoms with Crippen LogP contribution in [0.1, 0.15) is 23.3 Å². The molecule has 1 heterocycles. The molecule has 0 aliphatic heterocycles. The number of nitrogens with one attached hydrogen (secondary N) is 1. The van der Waals surface area contributed by atoms with Crippen molar-refractivity contribution in [3.8, 4) is 0 Å². The van der Waals surface area contributed by atoms with Gasteiger partial charge in [0.25, 0.3) is 0 Å². The number of hydrogen-bond donors (Lipinski definition) is 1. The second-order valence-electron chi connectivity index (χ2n) is 5.41. The molecule has 1 fully saturated rings. The van der Waals surface area contributed by atoms with Gasteiger partial charge in [0.15, 0.2) is 0 Å². The Balaban J connectivity index is 1.70. The summed E-state index contributed by atoms with van der Waals surface area (Å²) in [5.74, 6) is -0.159. The summed E-state index contributed by atoms with van der Waals surface area (Å²) in [7, 11) is 2.01. The lowest BCUT2D eigenvalue weighted by Gasteiger charge is -2.19. The van der Waals surface area contributed by atoms with Crippen molar-refractivity contribution in [2.24, 2.45) is 0 Å². The molecule has 1 N–H and O–H groups in total. The molecule has 1 aliphatic carbocycles. The van der Waals surface area contributed by atoms with E-state index in [1.165, 1.54) is 17.7 Å². The molecule has 1 aromatic heterocycles. The number of hydrogen-bond acceptors (Lipinski definition) is 3. The summed E-state index contributed by atoms with van der Waals surface area (Å²) in [5.41, 5.74) is 1.95. The summed E-state index contributed by atoms with van der Waals surface area (Å²) < 4.78 is 13.8. The first kappa shape index (κ1) is 13.6. The largest absolute Gasteiger partial charge is 0.369 e. The van der Waals surface area contributed by atoms with E-state index in [2.05, 4.69) is 27.7 Å². The predicted molar refractivity (Wildman–Crippen MR) is 82.7 cm³/mol. The van der Waals surface area contributed by atoms with Gasteiger partial charge in [0.05, 0.1) is 6.54 Å². The van der Waals surface area contributed by atoms with Crippen LogP contribution in [-0.2, 0) is 13.1 Å². The third kappa shape index (κ3) is 3.58. The van der Waals surface area contributed by atoms with Crippen LogP contribution in [-0.4, -0.2) is 13.1 Å². The van der Waals surface area contributed by atoms with Crippen molar-refractivity contribution >= 4 is 17.0 Å². The first-order valence-corrected chi connectivity index (χ1v) is 7.85. The molecule has 4 heteroatoms. The van der Waals surface area contributed by atoms with E-state index in [4.69, 9.17) is 0 Å². The number of anilines is 1. The van der Waals surface area contributed by atoms with E-state index in [1.54, 1.807) is 23.5 Å². The molecule has 0 amide bonds. The van der Waals surface area contributed by atoms with E-state index in [1.807, 2.05) is 13.1 Å². The van der Waals surface area contributed by atoms with Gasteiger partial charge in [-0.1, -0.05) is 6.07 Å². The number of thiophene rings is 1. The Hall–Kier alpha value is -1.39. The predicted octanol–water partition coefficient (Wildman–Crippen LogP) is 3.78. The quantitative estimate of drug-likeness (QED) is 0.871. The smallest absolute Gasteiger partial charge is 0.125 e. The zero-order valence-electron chi connectivity index (χ0n) is 11.6. The van der Waals surface area contributed by atoms with Crippen LogP contribution >= 0.6 is 11.3 Å². The number of halogens is 1. The van der Waals surface area contributed by atoms with Crippen molar-refractivity contribution in [3.63, 3.8) is 0 Å². The topological polar surface area (TPSA) is 15.3 Å². The summed E-state index contributed by atoms with van der Waals surface area (Å²) in [6.45, 7) is 1.57. The van der Waals surface area contributed by atoms with Gasteiger partial charge in [-0.15, -0.1) is 11.3 Å². The molecular formula is C16H19FN2S. The lowest BCUT2D eigenvalue weighted by atomic mass is 10.1. The molecule has 20 heavy (non-hydrogen) atoms.